The van der Waals surface area contributed by atoms with Crippen molar-refractivity contribution in [2.75, 3.05) is 6.54 Å². The van der Waals surface area contributed by atoms with Gasteiger partial charge in [-0.25, -0.2) is 0 Å². The van der Waals surface area contributed by atoms with E-state index in [1.165, 1.54) is 18.4 Å². The highest BCUT2D eigenvalue weighted by molar-refractivity contribution is 5.22. The Morgan fingerprint density at radius 1 is 1.12 bits per heavy atom. The lowest BCUT2D eigenvalue weighted by Gasteiger charge is -2.48. The molecular formula is C15H21NO. The molecule has 2 nitrogen and oxygen atoms in total. The van der Waals surface area contributed by atoms with Gasteiger partial charge in [-0.2, -0.15) is 0 Å². The van der Waals surface area contributed by atoms with Gasteiger partial charge in [0.25, 0.3) is 0 Å². The van der Waals surface area contributed by atoms with Gasteiger partial charge in [0.1, 0.15) is 0 Å². The maximum absolute atomic E-state index is 10.8. The molecule has 2 N–H and O–H groups in total. The van der Waals surface area contributed by atoms with E-state index < -0.39 is 5.60 Å². The summed E-state index contributed by atoms with van der Waals surface area (Å²) >= 11 is 0. The molecule has 2 fully saturated rings. The van der Waals surface area contributed by atoms with E-state index in [2.05, 4.69) is 35.6 Å². The summed E-state index contributed by atoms with van der Waals surface area (Å²) in [4.78, 5) is 0. The summed E-state index contributed by atoms with van der Waals surface area (Å²) < 4.78 is 0. The standard InChI is InChI=1S/C15H21NO/c17-15-9-5-4-8-13(15)14(16-11-10-15)12-6-2-1-3-7-12/h1-3,6-7,13-14,16-17H,4-5,8-11H2/t13-,14-,15-/m0/s1. The maximum atomic E-state index is 10.8. The zero-order chi connectivity index (χ0) is 11.7. The van der Waals surface area contributed by atoms with Crippen LogP contribution >= 0.6 is 0 Å². The van der Waals surface area contributed by atoms with E-state index in [9.17, 15) is 5.11 Å². The van der Waals surface area contributed by atoms with Crippen LogP contribution in [0.25, 0.3) is 0 Å². The second kappa shape index (κ2) is 4.43. The number of piperidine rings is 1. The number of fused-ring (bicyclic) bond motifs is 1. The summed E-state index contributed by atoms with van der Waals surface area (Å²) in [5.74, 6) is 0.396. The van der Waals surface area contributed by atoms with Crippen molar-refractivity contribution in [2.24, 2.45) is 5.92 Å². The highest BCUT2D eigenvalue weighted by Gasteiger charge is 2.45. The monoisotopic (exact) mass is 231 g/mol. The van der Waals surface area contributed by atoms with Crippen molar-refractivity contribution in [2.45, 2.75) is 43.7 Å². The first-order valence-corrected chi connectivity index (χ1v) is 6.80. The van der Waals surface area contributed by atoms with Crippen LogP contribution in [0, 0.1) is 5.92 Å². The quantitative estimate of drug-likeness (QED) is 0.778. The van der Waals surface area contributed by atoms with Crippen molar-refractivity contribution < 1.29 is 5.11 Å². The minimum absolute atomic E-state index is 0.343. The molecular weight excluding hydrogens is 210 g/mol. The Morgan fingerprint density at radius 3 is 2.76 bits per heavy atom. The molecule has 1 aromatic rings. The third-order valence-electron chi connectivity index (χ3n) is 4.55. The molecule has 0 aromatic heterocycles. The lowest BCUT2D eigenvalue weighted by molar-refractivity contribution is -0.0861. The predicted molar refractivity (Wildman–Crippen MR) is 68.7 cm³/mol. The van der Waals surface area contributed by atoms with Gasteiger partial charge in [-0.05, 0) is 31.4 Å². The molecule has 1 heterocycles. The Kier molecular flexibility index (Phi) is 2.93. The molecule has 2 aliphatic rings. The SMILES string of the molecule is O[C@]12CCCC[C@H]1[C@H](c1ccccc1)NCC2. The third kappa shape index (κ3) is 2.00. The highest BCUT2D eigenvalue weighted by Crippen LogP contribution is 2.45. The van der Waals surface area contributed by atoms with Crippen LogP contribution in [-0.2, 0) is 0 Å². The van der Waals surface area contributed by atoms with Gasteiger partial charge >= 0.3 is 0 Å². The second-order valence-electron chi connectivity index (χ2n) is 5.55. The Hall–Kier alpha value is -0.860. The zero-order valence-electron chi connectivity index (χ0n) is 10.2. The van der Waals surface area contributed by atoms with Gasteiger partial charge in [-0.3, -0.25) is 0 Å². The van der Waals surface area contributed by atoms with Gasteiger partial charge in [0.2, 0.25) is 0 Å². The summed E-state index contributed by atoms with van der Waals surface area (Å²) in [5.41, 5.74) is 0.918. The van der Waals surface area contributed by atoms with E-state index in [1.807, 2.05) is 0 Å². The smallest absolute Gasteiger partial charge is 0.0706 e. The van der Waals surface area contributed by atoms with Crippen LogP contribution in [0.15, 0.2) is 30.3 Å². The summed E-state index contributed by atoms with van der Waals surface area (Å²) in [6.07, 6.45) is 5.51. The average molecular weight is 231 g/mol. The number of rotatable bonds is 1. The number of hydrogen-bond acceptors (Lipinski definition) is 2. The topological polar surface area (TPSA) is 32.3 Å². The van der Waals surface area contributed by atoms with Gasteiger partial charge in [0.05, 0.1) is 5.60 Å². The van der Waals surface area contributed by atoms with Crippen LogP contribution in [0.3, 0.4) is 0 Å². The summed E-state index contributed by atoms with van der Waals surface area (Å²) in [7, 11) is 0. The van der Waals surface area contributed by atoms with Gasteiger partial charge in [0, 0.05) is 12.0 Å². The number of aliphatic hydroxyl groups is 1. The third-order valence-corrected chi connectivity index (χ3v) is 4.55. The van der Waals surface area contributed by atoms with E-state index in [1.54, 1.807) is 0 Å². The van der Waals surface area contributed by atoms with E-state index in [4.69, 9.17) is 0 Å². The number of hydrogen-bond donors (Lipinski definition) is 2. The molecule has 3 rings (SSSR count). The van der Waals surface area contributed by atoms with E-state index in [-0.39, 0.29) is 0 Å². The van der Waals surface area contributed by atoms with Crippen LogP contribution in [0.1, 0.15) is 43.7 Å². The molecule has 17 heavy (non-hydrogen) atoms. The van der Waals surface area contributed by atoms with Crippen LogP contribution in [0.2, 0.25) is 0 Å². The first kappa shape index (κ1) is 11.2. The van der Waals surface area contributed by atoms with Crippen molar-refractivity contribution in [1.82, 2.24) is 5.32 Å². The first-order chi connectivity index (χ1) is 8.30. The summed E-state index contributed by atoms with van der Waals surface area (Å²) in [5, 5.41) is 14.4. The van der Waals surface area contributed by atoms with Gasteiger partial charge in [-0.1, -0.05) is 43.2 Å². The van der Waals surface area contributed by atoms with Gasteiger partial charge in [0.15, 0.2) is 0 Å². The molecule has 92 valence electrons. The van der Waals surface area contributed by atoms with E-state index in [0.717, 1.165) is 25.8 Å². The fourth-order valence-electron chi connectivity index (χ4n) is 3.63. The van der Waals surface area contributed by atoms with Crippen molar-refractivity contribution in [3.8, 4) is 0 Å². The Bertz CT molecular complexity index is 374. The molecule has 1 aliphatic carbocycles. The normalized spacial score (nSPS) is 37.5. The predicted octanol–water partition coefficient (Wildman–Crippen LogP) is 2.64. The molecule has 0 amide bonds. The van der Waals surface area contributed by atoms with E-state index in [0.29, 0.717) is 12.0 Å². The Balaban J connectivity index is 1.89. The van der Waals surface area contributed by atoms with Crippen molar-refractivity contribution in [3.05, 3.63) is 35.9 Å². The molecule has 0 bridgehead atoms. The molecule has 1 aromatic carbocycles. The number of benzene rings is 1. The van der Waals surface area contributed by atoms with Crippen LogP contribution < -0.4 is 5.32 Å². The lowest BCUT2D eigenvalue weighted by Crippen LogP contribution is -2.53. The molecule has 1 saturated heterocycles. The number of nitrogens with one attached hydrogen (secondary N) is 1. The molecule has 0 unspecified atom stereocenters. The summed E-state index contributed by atoms with van der Waals surface area (Å²) in [6.45, 7) is 0.937. The average Bonchev–Trinajstić information content (AvgIpc) is 2.38. The first-order valence-electron chi connectivity index (χ1n) is 6.80. The minimum Gasteiger partial charge on any atom is -0.389 e. The largest absolute Gasteiger partial charge is 0.389 e. The van der Waals surface area contributed by atoms with Gasteiger partial charge < -0.3 is 10.4 Å². The Morgan fingerprint density at radius 2 is 1.94 bits per heavy atom. The molecule has 3 atom stereocenters. The Labute approximate surface area is 103 Å². The fraction of sp³-hybridized carbons (Fsp3) is 0.600. The lowest BCUT2D eigenvalue weighted by atomic mass is 9.67. The van der Waals surface area contributed by atoms with Crippen LogP contribution in [0.5, 0.6) is 0 Å². The summed E-state index contributed by atoms with van der Waals surface area (Å²) in [6, 6.07) is 10.9. The van der Waals surface area contributed by atoms with Crippen LogP contribution in [-0.4, -0.2) is 17.3 Å². The maximum Gasteiger partial charge on any atom is 0.0706 e. The minimum atomic E-state index is -0.413. The molecule has 0 spiro atoms. The van der Waals surface area contributed by atoms with Gasteiger partial charge in [-0.15, -0.1) is 0 Å². The molecule has 1 aliphatic heterocycles. The molecule has 2 heteroatoms. The highest BCUT2D eigenvalue weighted by atomic mass is 16.3. The van der Waals surface area contributed by atoms with Crippen LogP contribution in [0.4, 0.5) is 0 Å². The van der Waals surface area contributed by atoms with Crippen molar-refractivity contribution >= 4 is 0 Å². The molecule has 1 saturated carbocycles. The second-order valence-corrected chi connectivity index (χ2v) is 5.55. The van der Waals surface area contributed by atoms with Crippen molar-refractivity contribution in [3.63, 3.8) is 0 Å². The molecule has 0 radical (unpaired) electrons. The van der Waals surface area contributed by atoms with Crippen molar-refractivity contribution in [1.29, 1.82) is 0 Å². The van der Waals surface area contributed by atoms with E-state index >= 15 is 0 Å². The fourth-order valence-corrected chi connectivity index (χ4v) is 3.63. The zero-order valence-corrected chi connectivity index (χ0v) is 10.2.